The van der Waals surface area contributed by atoms with Crippen LogP contribution in [0.4, 0.5) is 14.6 Å². The lowest BCUT2D eigenvalue weighted by molar-refractivity contribution is 0.384. The molecule has 0 aliphatic rings. The average Bonchev–Trinajstić information content (AvgIpc) is 2.65. The van der Waals surface area contributed by atoms with Gasteiger partial charge in [0.25, 0.3) is 0 Å². The van der Waals surface area contributed by atoms with E-state index in [1.165, 1.54) is 19.4 Å². The maximum absolute atomic E-state index is 13.5. The summed E-state index contributed by atoms with van der Waals surface area (Å²) < 4.78 is 31.4. The van der Waals surface area contributed by atoms with Gasteiger partial charge >= 0.3 is 0 Å². The van der Waals surface area contributed by atoms with Crippen molar-refractivity contribution in [2.24, 2.45) is 0 Å². The molecule has 0 unspecified atom stereocenters. The molecule has 84 valence electrons. The molecule has 0 bridgehead atoms. The van der Waals surface area contributed by atoms with E-state index in [9.17, 15) is 8.78 Å². The van der Waals surface area contributed by atoms with E-state index in [4.69, 9.17) is 10.5 Å². The van der Waals surface area contributed by atoms with Crippen LogP contribution in [0.2, 0.25) is 0 Å². The summed E-state index contributed by atoms with van der Waals surface area (Å²) >= 11 is 0. The second kappa shape index (κ2) is 3.80. The highest BCUT2D eigenvalue weighted by atomic mass is 19.1. The topological polar surface area (TPSA) is 63.9 Å². The molecule has 0 aliphatic carbocycles. The summed E-state index contributed by atoms with van der Waals surface area (Å²) in [5.41, 5.74) is 6.07. The van der Waals surface area contributed by atoms with Gasteiger partial charge in [0.15, 0.2) is 11.6 Å². The predicted molar refractivity (Wildman–Crippen MR) is 54.9 cm³/mol. The van der Waals surface area contributed by atoms with Crippen LogP contribution in [0.25, 0.3) is 11.1 Å². The van der Waals surface area contributed by atoms with Crippen LogP contribution in [0.3, 0.4) is 0 Å². The highest BCUT2D eigenvalue weighted by molar-refractivity contribution is 5.74. The van der Waals surface area contributed by atoms with Crippen molar-refractivity contribution >= 4 is 5.82 Å². The Morgan fingerprint density at radius 1 is 1.25 bits per heavy atom. The summed E-state index contributed by atoms with van der Waals surface area (Å²) in [6.45, 7) is 0. The summed E-state index contributed by atoms with van der Waals surface area (Å²) in [6.07, 6.45) is 1.37. The molecule has 0 aliphatic heterocycles. The number of hydrogen-bond donors (Lipinski definition) is 2. The van der Waals surface area contributed by atoms with E-state index in [0.29, 0.717) is 5.56 Å². The van der Waals surface area contributed by atoms with Crippen molar-refractivity contribution in [2.45, 2.75) is 0 Å². The van der Waals surface area contributed by atoms with E-state index < -0.39 is 11.6 Å². The number of ether oxygens (including phenoxy) is 1. The molecule has 0 saturated heterocycles. The van der Waals surface area contributed by atoms with Gasteiger partial charge in [0.2, 0.25) is 0 Å². The minimum atomic E-state index is -0.759. The predicted octanol–water partition coefficient (Wildman–Crippen LogP) is 1.95. The van der Waals surface area contributed by atoms with Crippen LogP contribution in [0.15, 0.2) is 18.3 Å². The van der Waals surface area contributed by atoms with Crippen LogP contribution in [0, 0.1) is 11.6 Å². The molecule has 0 spiro atoms. The van der Waals surface area contributed by atoms with Crippen molar-refractivity contribution in [2.75, 3.05) is 12.8 Å². The molecule has 1 aromatic carbocycles. The monoisotopic (exact) mass is 225 g/mol. The highest BCUT2D eigenvalue weighted by Crippen LogP contribution is 2.31. The van der Waals surface area contributed by atoms with Gasteiger partial charge in [0.05, 0.1) is 13.3 Å². The number of anilines is 1. The first kappa shape index (κ1) is 10.4. The number of nitrogens with two attached hydrogens (primary N) is 1. The number of H-pyrrole nitrogens is 1. The molecule has 0 fully saturated rings. The zero-order valence-corrected chi connectivity index (χ0v) is 8.42. The van der Waals surface area contributed by atoms with Gasteiger partial charge in [0, 0.05) is 17.2 Å². The third-order valence-electron chi connectivity index (χ3n) is 2.20. The molecule has 4 nitrogen and oxygen atoms in total. The Morgan fingerprint density at radius 2 is 2.00 bits per heavy atom. The summed E-state index contributed by atoms with van der Waals surface area (Å²) in [6, 6.07) is 1.99. The minimum absolute atomic E-state index is 0.0444. The van der Waals surface area contributed by atoms with Crippen LogP contribution in [0.5, 0.6) is 5.75 Å². The highest BCUT2D eigenvalue weighted by Gasteiger charge is 2.14. The molecule has 0 radical (unpaired) electrons. The molecule has 2 aromatic rings. The average molecular weight is 225 g/mol. The Balaban J connectivity index is 2.61. The van der Waals surface area contributed by atoms with Gasteiger partial charge in [-0.05, 0) is 6.07 Å². The molecule has 16 heavy (non-hydrogen) atoms. The Bertz CT molecular complexity index is 525. The van der Waals surface area contributed by atoms with Gasteiger partial charge in [-0.2, -0.15) is 5.10 Å². The summed E-state index contributed by atoms with van der Waals surface area (Å²) in [5, 5.41) is 6.14. The maximum atomic E-state index is 13.5. The molecule has 0 atom stereocenters. The fourth-order valence-electron chi connectivity index (χ4n) is 1.40. The lowest BCUT2D eigenvalue weighted by Gasteiger charge is -2.06. The number of nitrogen functional groups attached to an aromatic ring is 1. The van der Waals surface area contributed by atoms with Crippen LogP contribution < -0.4 is 10.5 Å². The second-order valence-electron chi connectivity index (χ2n) is 3.16. The lowest BCUT2D eigenvalue weighted by atomic mass is 10.1. The van der Waals surface area contributed by atoms with E-state index in [0.717, 1.165) is 6.07 Å². The number of rotatable bonds is 2. The van der Waals surface area contributed by atoms with Crippen molar-refractivity contribution in [3.8, 4) is 16.9 Å². The Hall–Kier alpha value is -2.11. The van der Waals surface area contributed by atoms with Gasteiger partial charge < -0.3 is 10.5 Å². The number of aromatic nitrogens is 2. The zero-order chi connectivity index (χ0) is 11.7. The van der Waals surface area contributed by atoms with Gasteiger partial charge in [-0.25, -0.2) is 8.78 Å². The third kappa shape index (κ3) is 1.58. The van der Waals surface area contributed by atoms with Crippen molar-refractivity contribution in [3.63, 3.8) is 0 Å². The quantitative estimate of drug-likeness (QED) is 0.820. The minimum Gasteiger partial charge on any atom is -0.494 e. The Morgan fingerprint density at radius 3 is 2.56 bits per heavy atom. The van der Waals surface area contributed by atoms with Crippen LogP contribution >= 0.6 is 0 Å². The molecule has 2 rings (SSSR count). The van der Waals surface area contributed by atoms with Crippen molar-refractivity contribution in [1.29, 1.82) is 0 Å². The van der Waals surface area contributed by atoms with E-state index in [1.54, 1.807) is 0 Å². The number of nitrogens with zero attached hydrogens (tertiary/aromatic N) is 1. The van der Waals surface area contributed by atoms with Gasteiger partial charge in [0.1, 0.15) is 11.6 Å². The van der Waals surface area contributed by atoms with Gasteiger partial charge in [-0.3, -0.25) is 5.10 Å². The third-order valence-corrected chi connectivity index (χ3v) is 2.20. The normalized spacial score (nSPS) is 10.4. The number of nitrogens with one attached hydrogen (secondary N) is 1. The molecule has 1 aromatic heterocycles. The van der Waals surface area contributed by atoms with Crippen molar-refractivity contribution in [3.05, 3.63) is 30.0 Å². The van der Waals surface area contributed by atoms with Crippen LogP contribution in [-0.2, 0) is 0 Å². The van der Waals surface area contributed by atoms with Crippen LogP contribution in [-0.4, -0.2) is 17.3 Å². The molecular formula is C10H9F2N3O. The first-order chi connectivity index (χ1) is 7.63. The smallest absolute Gasteiger partial charge is 0.168 e. The number of benzene rings is 1. The van der Waals surface area contributed by atoms with Crippen molar-refractivity contribution < 1.29 is 13.5 Å². The first-order valence-corrected chi connectivity index (χ1v) is 4.45. The zero-order valence-electron chi connectivity index (χ0n) is 8.42. The van der Waals surface area contributed by atoms with E-state index in [1.807, 2.05) is 0 Å². The Kier molecular flexibility index (Phi) is 2.47. The fourth-order valence-corrected chi connectivity index (χ4v) is 1.40. The summed E-state index contributed by atoms with van der Waals surface area (Å²) in [5.74, 6) is -1.30. The maximum Gasteiger partial charge on any atom is 0.168 e. The molecule has 1 heterocycles. The molecule has 6 heteroatoms. The number of aromatic amines is 1. The summed E-state index contributed by atoms with van der Waals surface area (Å²) in [7, 11) is 1.30. The van der Waals surface area contributed by atoms with E-state index >= 15 is 0 Å². The van der Waals surface area contributed by atoms with E-state index in [-0.39, 0.29) is 17.1 Å². The summed E-state index contributed by atoms with van der Waals surface area (Å²) in [4.78, 5) is 0. The van der Waals surface area contributed by atoms with Gasteiger partial charge in [-0.15, -0.1) is 0 Å². The van der Waals surface area contributed by atoms with Gasteiger partial charge in [-0.1, -0.05) is 0 Å². The lowest BCUT2D eigenvalue weighted by Crippen LogP contribution is -1.94. The number of hydrogen-bond acceptors (Lipinski definition) is 3. The standard InChI is InChI=1S/C10H9F2N3O/c1-16-9-2-5(7(11)3-8(9)12)6-4-14-15-10(6)13/h2-4H,1H3,(H3,13,14,15). The molecule has 0 saturated carbocycles. The first-order valence-electron chi connectivity index (χ1n) is 4.45. The second-order valence-corrected chi connectivity index (χ2v) is 3.16. The number of methoxy groups -OCH3 is 1. The Labute approximate surface area is 90.0 Å². The molecular weight excluding hydrogens is 216 g/mol. The number of halogens is 2. The fraction of sp³-hybridized carbons (Fsp3) is 0.100. The molecule has 0 amide bonds. The van der Waals surface area contributed by atoms with Crippen LogP contribution in [0.1, 0.15) is 0 Å². The molecule has 3 N–H and O–H groups in total. The van der Waals surface area contributed by atoms with Crippen molar-refractivity contribution in [1.82, 2.24) is 10.2 Å². The van der Waals surface area contributed by atoms with E-state index in [2.05, 4.69) is 10.2 Å². The SMILES string of the molecule is COc1cc(-c2cn[nH]c2N)c(F)cc1F. The largest absolute Gasteiger partial charge is 0.494 e.